The lowest BCUT2D eigenvalue weighted by atomic mass is 10.1. The molecule has 0 aromatic heterocycles. The molecule has 0 atom stereocenters. The van der Waals surface area contributed by atoms with Gasteiger partial charge < -0.3 is 15.4 Å². The number of methoxy groups -OCH3 is 1. The van der Waals surface area contributed by atoms with E-state index in [1.807, 2.05) is 55.6 Å². The van der Waals surface area contributed by atoms with Crippen molar-refractivity contribution in [3.63, 3.8) is 0 Å². The van der Waals surface area contributed by atoms with Gasteiger partial charge in [-0.15, -0.1) is 0 Å². The molecule has 0 spiro atoms. The molecule has 3 N–H and O–H groups in total. The Labute approximate surface area is 119 Å². The van der Waals surface area contributed by atoms with Crippen LogP contribution in [0, 0.1) is 5.41 Å². The van der Waals surface area contributed by atoms with Crippen LogP contribution in [0.4, 0.5) is 5.69 Å². The van der Waals surface area contributed by atoms with Gasteiger partial charge in [-0.3, -0.25) is 5.41 Å². The van der Waals surface area contributed by atoms with Crippen LogP contribution in [0.2, 0.25) is 0 Å². The van der Waals surface area contributed by atoms with E-state index in [9.17, 15) is 0 Å². The molecule has 0 aliphatic rings. The largest absolute Gasteiger partial charge is 0.496 e. The molecule has 2 rings (SSSR count). The van der Waals surface area contributed by atoms with Crippen LogP contribution < -0.4 is 15.4 Å². The van der Waals surface area contributed by atoms with Crippen molar-refractivity contribution in [1.82, 2.24) is 0 Å². The maximum absolute atomic E-state index is 7.50. The molecule has 0 aliphatic carbocycles. The molecule has 2 aromatic rings. The van der Waals surface area contributed by atoms with Crippen LogP contribution in [0.5, 0.6) is 5.75 Å². The Kier molecular flexibility index (Phi) is 4.25. The Bertz CT molecular complexity index is 610. The molecule has 4 nitrogen and oxygen atoms in total. The number of nitrogens with two attached hydrogens (primary N) is 1. The van der Waals surface area contributed by atoms with E-state index < -0.39 is 0 Å². The number of nitrogen functional groups attached to an aromatic ring is 1. The van der Waals surface area contributed by atoms with Crippen LogP contribution in [0.25, 0.3) is 0 Å². The number of para-hydroxylation sites is 1. The number of benzene rings is 2. The van der Waals surface area contributed by atoms with Crippen molar-refractivity contribution in [3.8, 4) is 5.75 Å². The molecule has 0 amide bonds. The highest BCUT2D eigenvalue weighted by Crippen LogP contribution is 2.22. The third kappa shape index (κ3) is 3.09. The first kappa shape index (κ1) is 13.9. The quantitative estimate of drug-likeness (QED) is 0.648. The molecule has 0 heterocycles. The topological polar surface area (TPSA) is 62.3 Å². The van der Waals surface area contributed by atoms with Crippen LogP contribution in [-0.4, -0.2) is 20.0 Å². The van der Waals surface area contributed by atoms with Crippen molar-refractivity contribution < 1.29 is 4.74 Å². The Hall–Kier alpha value is -2.49. The summed E-state index contributed by atoms with van der Waals surface area (Å²) in [5.41, 5.74) is 8.39. The van der Waals surface area contributed by atoms with E-state index in [1.54, 1.807) is 7.11 Å². The Balaban J connectivity index is 2.21. The summed E-state index contributed by atoms with van der Waals surface area (Å²) in [6, 6.07) is 15.6. The molecule has 4 heteroatoms. The van der Waals surface area contributed by atoms with Crippen LogP contribution in [0.15, 0.2) is 48.5 Å². The number of hydrogen-bond donors (Lipinski definition) is 2. The standard InChI is InChI=1S/C16H19N3O/c1-19(11-13-6-3-4-9-15(13)20-2)14-8-5-7-12(10-14)16(17)18/h3-10H,11H2,1-2H3,(H3,17,18). The number of rotatable bonds is 5. The zero-order valence-corrected chi connectivity index (χ0v) is 11.8. The highest BCUT2D eigenvalue weighted by atomic mass is 16.5. The number of anilines is 1. The van der Waals surface area contributed by atoms with Crippen LogP contribution in [0.1, 0.15) is 11.1 Å². The first-order valence-corrected chi connectivity index (χ1v) is 6.39. The summed E-state index contributed by atoms with van der Waals surface area (Å²) < 4.78 is 5.36. The van der Waals surface area contributed by atoms with Gasteiger partial charge in [-0.2, -0.15) is 0 Å². The normalized spacial score (nSPS) is 10.1. The van der Waals surface area contributed by atoms with E-state index in [1.165, 1.54) is 0 Å². The molecule has 104 valence electrons. The average Bonchev–Trinajstić information content (AvgIpc) is 2.48. The van der Waals surface area contributed by atoms with Gasteiger partial charge in [-0.25, -0.2) is 0 Å². The van der Waals surface area contributed by atoms with Crippen LogP contribution in [-0.2, 0) is 6.54 Å². The Morgan fingerprint density at radius 1 is 1.20 bits per heavy atom. The molecule has 0 unspecified atom stereocenters. The molecule has 2 aromatic carbocycles. The minimum Gasteiger partial charge on any atom is -0.496 e. The molecule has 0 saturated heterocycles. The molecule has 0 bridgehead atoms. The highest BCUT2D eigenvalue weighted by molar-refractivity contribution is 5.95. The average molecular weight is 269 g/mol. The van der Waals surface area contributed by atoms with Gasteiger partial charge in [-0.1, -0.05) is 30.3 Å². The third-order valence-electron chi connectivity index (χ3n) is 3.20. The second-order valence-corrected chi connectivity index (χ2v) is 4.63. The van der Waals surface area contributed by atoms with Gasteiger partial charge in [0.15, 0.2) is 0 Å². The van der Waals surface area contributed by atoms with E-state index in [-0.39, 0.29) is 5.84 Å². The first-order chi connectivity index (χ1) is 9.61. The first-order valence-electron chi connectivity index (χ1n) is 6.39. The molecule has 0 fully saturated rings. The van der Waals surface area contributed by atoms with Gasteiger partial charge in [0.1, 0.15) is 11.6 Å². The molecule has 0 saturated carbocycles. The lowest BCUT2D eigenvalue weighted by Gasteiger charge is -2.21. The Morgan fingerprint density at radius 3 is 2.65 bits per heavy atom. The second-order valence-electron chi connectivity index (χ2n) is 4.63. The lowest BCUT2D eigenvalue weighted by Crippen LogP contribution is -2.18. The fourth-order valence-corrected chi connectivity index (χ4v) is 2.09. The summed E-state index contributed by atoms with van der Waals surface area (Å²) in [7, 11) is 3.68. The summed E-state index contributed by atoms with van der Waals surface area (Å²) in [6.45, 7) is 0.728. The summed E-state index contributed by atoms with van der Waals surface area (Å²) in [4.78, 5) is 2.10. The maximum atomic E-state index is 7.50. The minimum atomic E-state index is 0.0811. The summed E-state index contributed by atoms with van der Waals surface area (Å²) in [5.74, 6) is 0.958. The van der Waals surface area contributed by atoms with Crippen molar-refractivity contribution in [2.24, 2.45) is 5.73 Å². The zero-order chi connectivity index (χ0) is 14.5. The fraction of sp³-hybridized carbons (Fsp3) is 0.188. The Morgan fingerprint density at radius 2 is 1.95 bits per heavy atom. The predicted octanol–water partition coefficient (Wildman–Crippen LogP) is 2.62. The van der Waals surface area contributed by atoms with Crippen molar-refractivity contribution in [2.75, 3.05) is 19.1 Å². The van der Waals surface area contributed by atoms with Gasteiger partial charge in [0.25, 0.3) is 0 Å². The number of nitrogens with one attached hydrogen (secondary N) is 1. The van der Waals surface area contributed by atoms with E-state index in [0.717, 1.165) is 29.1 Å². The second kappa shape index (κ2) is 6.10. The smallest absolute Gasteiger partial charge is 0.123 e. The SMILES string of the molecule is COc1ccccc1CN(C)c1cccc(C(=N)N)c1. The predicted molar refractivity (Wildman–Crippen MR) is 82.6 cm³/mol. The maximum Gasteiger partial charge on any atom is 0.123 e. The van der Waals surface area contributed by atoms with Crippen molar-refractivity contribution in [1.29, 1.82) is 5.41 Å². The number of hydrogen-bond acceptors (Lipinski definition) is 3. The lowest BCUT2D eigenvalue weighted by molar-refractivity contribution is 0.409. The van der Waals surface area contributed by atoms with E-state index in [2.05, 4.69) is 4.90 Å². The summed E-state index contributed by atoms with van der Waals surface area (Å²) in [6.07, 6.45) is 0. The van der Waals surface area contributed by atoms with E-state index in [4.69, 9.17) is 15.9 Å². The number of amidine groups is 1. The fourth-order valence-electron chi connectivity index (χ4n) is 2.09. The highest BCUT2D eigenvalue weighted by Gasteiger charge is 2.07. The monoisotopic (exact) mass is 269 g/mol. The third-order valence-corrected chi connectivity index (χ3v) is 3.20. The van der Waals surface area contributed by atoms with Gasteiger partial charge in [0.2, 0.25) is 0 Å². The number of nitrogens with zero attached hydrogens (tertiary/aromatic N) is 1. The van der Waals surface area contributed by atoms with Crippen LogP contribution in [0.3, 0.4) is 0 Å². The van der Waals surface area contributed by atoms with Crippen molar-refractivity contribution in [2.45, 2.75) is 6.54 Å². The van der Waals surface area contributed by atoms with Crippen LogP contribution >= 0.6 is 0 Å². The van der Waals surface area contributed by atoms with Gasteiger partial charge >= 0.3 is 0 Å². The molecule has 20 heavy (non-hydrogen) atoms. The van der Waals surface area contributed by atoms with Gasteiger partial charge in [0, 0.05) is 30.4 Å². The van der Waals surface area contributed by atoms with Gasteiger partial charge in [-0.05, 0) is 18.2 Å². The molecule has 0 aliphatic heterocycles. The molecule has 0 radical (unpaired) electrons. The van der Waals surface area contributed by atoms with Gasteiger partial charge in [0.05, 0.1) is 7.11 Å². The van der Waals surface area contributed by atoms with Crippen molar-refractivity contribution in [3.05, 3.63) is 59.7 Å². The minimum absolute atomic E-state index is 0.0811. The number of ether oxygens (including phenoxy) is 1. The molecular weight excluding hydrogens is 250 g/mol. The van der Waals surface area contributed by atoms with E-state index in [0.29, 0.717) is 0 Å². The summed E-state index contributed by atoms with van der Waals surface area (Å²) in [5, 5.41) is 7.50. The van der Waals surface area contributed by atoms with Crippen molar-refractivity contribution >= 4 is 11.5 Å². The summed E-state index contributed by atoms with van der Waals surface area (Å²) >= 11 is 0. The van der Waals surface area contributed by atoms with E-state index >= 15 is 0 Å². The zero-order valence-electron chi connectivity index (χ0n) is 11.8. The molecular formula is C16H19N3O.